The standard InChI is InChI=1S/C13H18FNO/c1-13(14,12-6-7-16-9-12)11-4-2-10(8-15)3-5-11/h2-5,12H,6-9,15H2,1H3. The van der Waals surface area contributed by atoms with Crippen LogP contribution in [0.25, 0.3) is 0 Å². The highest BCUT2D eigenvalue weighted by atomic mass is 19.1. The van der Waals surface area contributed by atoms with Crippen LogP contribution >= 0.6 is 0 Å². The molecule has 1 heterocycles. The van der Waals surface area contributed by atoms with Crippen molar-refractivity contribution in [2.45, 2.75) is 25.6 Å². The predicted molar refractivity (Wildman–Crippen MR) is 61.7 cm³/mol. The van der Waals surface area contributed by atoms with Crippen molar-refractivity contribution in [1.82, 2.24) is 0 Å². The van der Waals surface area contributed by atoms with Crippen molar-refractivity contribution in [2.24, 2.45) is 11.7 Å². The highest BCUT2D eigenvalue weighted by Crippen LogP contribution is 2.38. The first-order chi connectivity index (χ1) is 7.64. The summed E-state index contributed by atoms with van der Waals surface area (Å²) in [7, 11) is 0. The Labute approximate surface area is 95.6 Å². The van der Waals surface area contributed by atoms with Gasteiger partial charge in [-0.05, 0) is 24.5 Å². The van der Waals surface area contributed by atoms with E-state index in [1.54, 1.807) is 6.92 Å². The minimum absolute atomic E-state index is 0.0313. The topological polar surface area (TPSA) is 35.2 Å². The van der Waals surface area contributed by atoms with E-state index in [4.69, 9.17) is 10.5 Å². The number of halogens is 1. The molecule has 0 bridgehead atoms. The van der Waals surface area contributed by atoms with Crippen molar-refractivity contribution in [3.63, 3.8) is 0 Å². The lowest BCUT2D eigenvalue weighted by Gasteiger charge is -2.26. The van der Waals surface area contributed by atoms with Crippen LogP contribution in [0.3, 0.4) is 0 Å². The number of rotatable bonds is 3. The van der Waals surface area contributed by atoms with Gasteiger partial charge >= 0.3 is 0 Å². The van der Waals surface area contributed by atoms with E-state index < -0.39 is 5.67 Å². The molecule has 1 aliphatic heterocycles. The second-order valence-corrected chi connectivity index (χ2v) is 4.54. The third-order valence-corrected chi connectivity index (χ3v) is 3.45. The Morgan fingerprint density at radius 2 is 2.12 bits per heavy atom. The van der Waals surface area contributed by atoms with E-state index in [0.717, 1.165) is 17.5 Å². The summed E-state index contributed by atoms with van der Waals surface area (Å²) in [5.74, 6) is -0.0313. The zero-order chi connectivity index (χ0) is 11.6. The summed E-state index contributed by atoms with van der Waals surface area (Å²) in [4.78, 5) is 0. The average molecular weight is 223 g/mol. The Balaban J connectivity index is 2.20. The van der Waals surface area contributed by atoms with E-state index in [9.17, 15) is 4.39 Å². The van der Waals surface area contributed by atoms with Crippen LogP contribution in [-0.2, 0) is 17.0 Å². The summed E-state index contributed by atoms with van der Waals surface area (Å²) in [6, 6.07) is 7.45. The first kappa shape index (κ1) is 11.6. The maximum Gasteiger partial charge on any atom is 0.138 e. The van der Waals surface area contributed by atoms with Gasteiger partial charge in [0, 0.05) is 19.1 Å². The number of ether oxygens (including phenoxy) is 1. The normalized spacial score (nSPS) is 24.3. The largest absolute Gasteiger partial charge is 0.381 e. The minimum atomic E-state index is -1.30. The lowest BCUT2D eigenvalue weighted by Crippen LogP contribution is -2.27. The molecule has 0 spiro atoms. The van der Waals surface area contributed by atoms with Crippen LogP contribution in [0, 0.1) is 5.92 Å². The number of hydrogen-bond acceptors (Lipinski definition) is 2. The predicted octanol–water partition coefficient (Wildman–Crippen LogP) is 2.37. The van der Waals surface area contributed by atoms with E-state index in [1.807, 2.05) is 24.3 Å². The van der Waals surface area contributed by atoms with Crippen LogP contribution in [0.15, 0.2) is 24.3 Å². The molecule has 0 saturated carbocycles. The number of hydrogen-bond donors (Lipinski definition) is 1. The van der Waals surface area contributed by atoms with Gasteiger partial charge in [0.1, 0.15) is 5.67 Å². The van der Waals surface area contributed by atoms with Gasteiger partial charge < -0.3 is 10.5 Å². The second-order valence-electron chi connectivity index (χ2n) is 4.54. The molecular weight excluding hydrogens is 205 g/mol. The molecule has 3 heteroatoms. The molecule has 1 aromatic rings. The fourth-order valence-corrected chi connectivity index (χ4v) is 2.16. The third kappa shape index (κ3) is 2.11. The molecule has 2 rings (SSSR count). The van der Waals surface area contributed by atoms with Crippen molar-refractivity contribution in [2.75, 3.05) is 13.2 Å². The Morgan fingerprint density at radius 1 is 1.44 bits per heavy atom. The molecule has 0 amide bonds. The summed E-state index contributed by atoms with van der Waals surface area (Å²) in [5.41, 5.74) is 5.97. The molecular formula is C13H18FNO. The Morgan fingerprint density at radius 3 is 2.62 bits per heavy atom. The van der Waals surface area contributed by atoms with Gasteiger partial charge in [-0.25, -0.2) is 4.39 Å². The van der Waals surface area contributed by atoms with E-state index >= 15 is 0 Å². The van der Waals surface area contributed by atoms with E-state index in [2.05, 4.69) is 0 Å². The maximum atomic E-state index is 14.7. The van der Waals surface area contributed by atoms with Crippen LogP contribution < -0.4 is 5.73 Å². The van der Waals surface area contributed by atoms with Gasteiger partial charge in [-0.15, -0.1) is 0 Å². The fraction of sp³-hybridized carbons (Fsp3) is 0.538. The monoisotopic (exact) mass is 223 g/mol. The van der Waals surface area contributed by atoms with Gasteiger partial charge in [-0.1, -0.05) is 24.3 Å². The maximum absolute atomic E-state index is 14.7. The molecule has 0 aromatic heterocycles. The van der Waals surface area contributed by atoms with Gasteiger partial charge in [0.2, 0.25) is 0 Å². The number of alkyl halides is 1. The van der Waals surface area contributed by atoms with E-state index in [1.165, 1.54) is 0 Å². The molecule has 0 aliphatic carbocycles. The zero-order valence-electron chi connectivity index (χ0n) is 9.58. The van der Waals surface area contributed by atoms with Crippen molar-refractivity contribution < 1.29 is 9.13 Å². The summed E-state index contributed by atoms with van der Waals surface area (Å²) in [5, 5.41) is 0. The Hall–Kier alpha value is -0.930. The molecule has 2 atom stereocenters. The molecule has 1 saturated heterocycles. The summed E-state index contributed by atoms with van der Waals surface area (Å²) < 4.78 is 19.9. The lowest BCUT2D eigenvalue weighted by molar-refractivity contribution is 0.0824. The molecule has 1 fully saturated rings. The molecule has 2 N–H and O–H groups in total. The first-order valence-corrected chi connectivity index (χ1v) is 5.70. The van der Waals surface area contributed by atoms with Crippen LogP contribution in [-0.4, -0.2) is 13.2 Å². The highest BCUT2D eigenvalue weighted by Gasteiger charge is 2.38. The molecule has 1 aromatic carbocycles. The summed E-state index contributed by atoms with van der Waals surface area (Å²) in [6.07, 6.45) is 0.797. The third-order valence-electron chi connectivity index (χ3n) is 3.45. The average Bonchev–Trinajstić information content (AvgIpc) is 2.83. The summed E-state index contributed by atoms with van der Waals surface area (Å²) in [6.45, 7) is 3.33. The molecule has 0 radical (unpaired) electrons. The van der Waals surface area contributed by atoms with Crippen molar-refractivity contribution in [3.8, 4) is 0 Å². The Kier molecular flexibility index (Phi) is 3.26. The molecule has 16 heavy (non-hydrogen) atoms. The minimum Gasteiger partial charge on any atom is -0.381 e. The first-order valence-electron chi connectivity index (χ1n) is 5.70. The van der Waals surface area contributed by atoms with Crippen molar-refractivity contribution >= 4 is 0 Å². The van der Waals surface area contributed by atoms with Gasteiger partial charge in [-0.2, -0.15) is 0 Å². The van der Waals surface area contributed by atoms with Crippen molar-refractivity contribution in [3.05, 3.63) is 35.4 Å². The van der Waals surface area contributed by atoms with Crippen LogP contribution in [0.4, 0.5) is 4.39 Å². The van der Waals surface area contributed by atoms with Gasteiger partial charge in [-0.3, -0.25) is 0 Å². The second kappa shape index (κ2) is 4.52. The van der Waals surface area contributed by atoms with Crippen molar-refractivity contribution in [1.29, 1.82) is 0 Å². The SMILES string of the molecule is CC(F)(c1ccc(CN)cc1)C1CCOC1. The smallest absolute Gasteiger partial charge is 0.138 e. The Bertz CT molecular complexity index is 341. The number of nitrogens with two attached hydrogens (primary N) is 1. The lowest BCUT2D eigenvalue weighted by atomic mass is 9.84. The van der Waals surface area contributed by atoms with E-state index in [0.29, 0.717) is 19.8 Å². The summed E-state index contributed by atoms with van der Waals surface area (Å²) >= 11 is 0. The van der Waals surface area contributed by atoms with Crippen LogP contribution in [0.1, 0.15) is 24.5 Å². The van der Waals surface area contributed by atoms with Crippen LogP contribution in [0.2, 0.25) is 0 Å². The quantitative estimate of drug-likeness (QED) is 0.853. The molecule has 2 unspecified atom stereocenters. The molecule has 88 valence electrons. The fourth-order valence-electron chi connectivity index (χ4n) is 2.16. The molecule has 1 aliphatic rings. The van der Waals surface area contributed by atoms with Gasteiger partial charge in [0.15, 0.2) is 0 Å². The van der Waals surface area contributed by atoms with Gasteiger partial charge in [0.25, 0.3) is 0 Å². The molecule has 2 nitrogen and oxygen atoms in total. The number of benzene rings is 1. The van der Waals surface area contributed by atoms with Gasteiger partial charge in [0.05, 0.1) is 6.61 Å². The zero-order valence-corrected chi connectivity index (χ0v) is 9.58. The van der Waals surface area contributed by atoms with Crippen LogP contribution in [0.5, 0.6) is 0 Å². The highest BCUT2D eigenvalue weighted by molar-refractivity contribution is 5.27. The van der Waals surface area contributed by atoms with E-state index in [-0.39, 0.29) is 5.92 Å².